The molecule has 0 aliphatic heterocycles. The van der Waals surface area contributed by atoms with Gasteiger partial charge in [-0.15, -0.1) is 0 Å². The minimum Gasteiger partial charge on any atom is -0.394 e. The largest absolute Gasteiger partial charge is 0.394 e. The van der Waals surface area contributed by atoms with Crippen LogP contribution in [0.2, 0.25) is 0 Å². The second-order valence-corrected chi connectivity index (χ2v) is 19.3. The van der Waals surface area contributed by atoms with Crippen LogP contribution < -0.4 is 5.32 Å². The van der Waals surface area contributed by atoms with Gasteiger partial charge in [-0.25, -0.2) is 0 Å². The molecule has 0 saturated carbocycles. The van der Waals surface area contributed by atoms with E-state index in [9.17, 15) is 15.0 Å². The second kappa shape index (κ2) is 57.6. The second-order valence-electron chi connectivity index (χ2n) is 19.3. The number of unbranched alkanes of at least 4 members (excludes halogenated alkanes) is 31. The lowest BCUT2D eigenvalue weighted by atomic mass is 10.0. The molecule has 3 N–H and O–H groups in total. The molecule has 1 amide bonds. The lowest BCUT2D eigenvalue weighted by Crippen LogP contribution is -2.45. The Labute approximate surface area is 417 Å². The van der Waals surface area contributed by atoms with Crippen LogP contribution in [0.5, 0.6) is 0 Å². The van der Waals surface area contributed by atoms with E-state index in [1.54, 1.807) is 6.08 Å². The average Bonchev–Trinajstić information content (AvgIpc) is 3.33. The third-order valence-corrected chi connectivity index (χ3v) is 12.8. The van der Waals surface area contributed by atoms with Crippen LogP contribution in [0.1, 0.15) is 277 Å². The van der Waals surface area contributed by atoms with Crippen LogP contribution in [-0.4, -0.2) is 34.9 Å². The van der Waals surface area contributed by atoms with Gasteiger partial charge in [-0.2, -0.15) is 0 Å². The molecule has 67 heavy (non-hydrogen) atoms. The van der Waals surface area contributed by atoms with E-state index in [2.05, 4.69) is 104 Å². The zero-order chi connectivity index (χ0) is 48.5. The van der Waals surface area contributed by atoms with E-state index < -0.39 is 12.1 Å². The molecule has 0 heterocycles. The molecule has 2 unspecified atom stereocenters. The summed E-state index contributed by atoms with van der Waals surface area (Å²) in [5.41, 5.74) is 0. The molecule has 0 spiro atoms. The third kappa shape index (κ3) is 54.1. The molecule has 0 aromatic carbocycles. The summed E-state index contributed by atoms with van der Waals surface area (Å²) in [6, 6.07) is -0.653. The molecule has 386 valence electrons. The van der Waals surface area contributed by atoms with E-state index >= 15 is 0 Å². The molecule has 0 rings (SSSR count). The summed E-state index contributed by atoms with van der Waals surface area (Å²) in [4.78, 5) is 12.5. The number of rotatable bonds is 52. The highest BCUT2D eigenvalue weighted by Gasteiger charge is 2.18. The molecule has 0 aromatic rings. The van der Waals surface area contributed by atoms with Crippen molar-refractivity contribution >= 4 is 5.91 Å². The van der Waals surface area contributed by atoms with Gasteiger partial charge < -0.3 is 15.5 Å². The Morgan fingerprint density at radius 3 is 1.04 bits per heavy atom. The average molecular weight is 931 g/mol. The molecule has 0 bridgehead atoms. The van der Waals surface area contributed by atoms with Gasteiger partial charge in [0.05, 0.1) is 18.8 Å². The van der Waals surface area contributed by atoms with Gasteiger partial charge in [-0.05, 0) is 89.9 Å². The number of aliphatic hydroxyl groups excluding tert-OH is 2. The summed E-state index contributed by atoms with van der Waals surface area (Å²) < 4.78 is 0. The summed E-state index contributed by atoms with van der Waals surface area (Å²) in [7, 11) is 0. The van der Waals surface area contributed by atoms with Gasteiger partial charge >= 0.3 is 0 Å². The van der Waals surface area contributed by atoms with Gasteiger partial charge in [0, 0.05) is 6.42 Å². The number of aliphatic hydroxyl groups is 2. The first-order valence-corrected chi connectivity index (χ1v) is 29.0. The summed E-state index contributed by atoms with van der Waals surface area (Å²) in [6.07, 6.45) is 85.7. The van der Waals surface area contributed by atoms with Crippen LogP contribution in [0.25, 0.3) is 0 Å². The normalized spacial score (nSPS) is 13.6. The number of allylic oxidation sites excluding steroid dienone is 15. The summed E-state index contributed by atoms with van der Waals surface area (Å²) >= 11 is 0. The van der Waals surface area contributed by atoms with E-state index in [4.69, 9.17) is 0 Å². The van der Waals surface area contributed by atoms with Gasteiger partial charge in [0.1, 0.15) is 0 Å². The van der Waals surface area contributed by atoms with Crippen molar-refractivity contribution < 1.29 is 15.0 Å². The molecule has 2 atom stereocenters. The van der Waals surface area contributed by atoms with Gasteiger partial charge in [0.2, 0.25) is 5.91 Å². The third-order valence-electron chi connectivity index (χ3n) is 12.8. The Morgan fingerprint density at radius 2 is 0.672 bits per heavy atom. The molecule has 0 radical (unpaired) electrons. The summed E-state index contributed by atoms with van der Waals surface area (Å²) in [5, 5.41) is 23.2. The lowest BCUT2D eigenvalue weighted by molar-refractivity contribution is -0.123. The zero-order valence-corrected chi connectivity index (χ0v) is 44.4. The van der Waals surface area contributed by atoms with Crippen molar-refractivity contribution in [2.45, 2.75) is 289 Å². The lowest BCUT2D eigenvalue weighted by Gasteiger charge is -2.19. The maximum atomic E-state index is 12.5. The Kier molecular flexibility index (Phi) is 55.3. The molecule has 4 nitrogen and oxygen atoms in total. The number of amides is 1. The van der Waals surface area contributed by atoms with Gasteiger partial charge in [-0.1, -0.05) is 278 Å². The SMILES string of the molecule is CC/C=C\C/C=C\C/C=C\C/C=C\C/C=C\CCCCCCCCCCCCCCCC(=O)NC(CO)C(O)/C=C/CC/C=C/CC/C=C/CCCCCCCCCCCCCCCCCC. The first-order valence-electron chi connectivity index (χ1n) is 29.0. The monoisotopic (exact) mass is 930 g/mol. The van der Waals surface area contributed by atoms with E-state index in [1.807, 2.05) is 6.08 Å². The highest BCUT2D eigenvalue weighted by atomic mass is 16.3. The quantitative estimate of drug-likeness (QED) is 0.0420. The predicted molar refractivity (Wildman–Crippen MR) is 299 cm³/mol. The Bertz CT molecular complexity index is 1240. The minimum absolute atomic E-state index is 0.0809. The number of nitrogens with one attached hydrogen (secondary N) is 1. The molecular weight excluding hydrogens is 819 g/mol. The van der Waals surface area contributed by atoms with E-state index in [0.717, 1.165) is 70.6 Å². The number of hydrogen-bond donors (Lipinski definition) is 3. The van der Waals surface area contributed by atoms with Crippen molar-refractivity contribution in [2.75, 3.05) is 6.61 Å². The van der Waals surface area contributed by atoms with Crippen LogP contribution in [-0.2, 0) is 4.79 Å². The van der Waals surface area contributed by atoms with Crippen molar-refractivity contribution in [1.29, 1.82) is 0 Å². The molecule has 0 fully saturated rings. The van der Waals surface area contributed by atoms with E-state index in [1.165, 1.54) is 186 Å². The first kappa shape index (κ1) is 64.3. The number of hydrogen-bond acceptors (Lipinski definition) is 3. The number of carbonyl (C=O) groups is 1. The minimum atomic E-state index is -0.877. The molecular formula is C63H111NO3. The van der Waals surface area contributed by atoms with Crippen LogP contribution in [0.15, 0.2) is 97.2 Å². The molecule has 0 aliphatic rings. The Morgan fingerprint density at radius 1 is 0.373 bits per heavy atom. The fourth-order valence-electron chi connectivity index (χ4n) is 8.42. The van der Waals surface area contributed by atoms with Gasteiger partial charge in [0.25, 0.3) is 0 Å². The highest BCUT2D eigenvalue weighted by Crippen LogP contribution is 2.16. The zero-order valence-electron chi connectivity index (χ0n) is 44.4. The van der Waals surface area contributed by atoms with Crippen molar-refractivity contribution in [2.24, 2.45) is 0 Å². The first-order chi connectivity index (χ1) is 33.2. The fraction of sp³-hybridized carbons (Fsp3) is 0.730. The van der Waals surface area contributed by atoms with Crippen LogP contribution in [0.3, 0.4) is 0 Å². The van der Waals surface area contributed by atoms with Crippen LogP contribution in [0.4, 0.5) is 0 Å². The van der Waals surface area contributed by atoms with E-state index in [-0.39, 0.29) is 12.5 Å². The predicted octanol–water partition coefficient (Wildman–Crippen LogP) is 19.3. The molecule has 0 saturated heterocycles. The van der Waals surface area contributed by atoms with Gasteiger partial charge in [0.15, 0.2) is 0 Å². The van der Waals surface area contributed by atoms with Crippen molar-refractivity contribution in [3.63, 3.8) is 0 Å². The van der Waals surface area contributed by atoms with Crippen molar-refractivity contribution in [3.05, 3.63) is 97.2 Å². The number of carbonyl (C=O) groups excluding carboxylic acids is 1. The Hall–Kier alpha value is -2.69. The summed E-state index contributed by atoms with van der Waals surface area (Å²) in [6.45, 7) is 4.19. The highest BCUT2D eigenvalue weighted by molar-refractivity contribution is 5.76. The molecule has 4 heteroatoms. The van der Waals surface area contributed by atoms with Crippen LogP contribution in [0, 0.1) is 0 Å². The standard InChI is InChI=1S/C63H111NO3/c1-3-5-7-9-11-13-15-17-19-21-23-25-27-29-31-32-33-35-37-39-41-43-45-47-49-51-53-55-57-59-63(67)64-61(60-65)62(66)58-56-54-52-50-48-46-44-42-40-38-36-34-30-28-26-24-22-20-18-16-14-12-10-8-6-4-2/h5,7,11,13,17,19,23,25,29,31,40,42,48,50,56,58,61-62,65-66H,3-4,6,8-10,12,14-16,18,20-22,24,26-28,30,32-39,41,43-47,49,51-55,57,59-60H2,1-2H3,(H,64,67)/b7-5-,13-11-,19-17-,25-23-,31-29-,42-40+,50-48+,58-56+. The van der Waals surface area contributed by atoms with Crippen LogP contribution >= 0.6 is 0 Å². The maximum Gasteiger partial charge on any atom is 0.220 e. The van der Waals surface area contributed by atoms with Crippen molar-refractivity contribution in [3.8, 4) is 0 Å². The Balaban J connectivity index is 3.58. The van der Waals surface area contributed by atoms with Gasteiger partial charge in [-0.3, -0.25) is 4.79 Å². The van der Waals surface area contributed by atoms with Crippen molar-refractivity contribution in [1.82, 2.24) is 5.32 Å². The topological polar surface area (TPSA) is 69.6 Å². The smallest absolute Gasteiger partial charge is 0.220 e. The fourth-order valence-corrected chi connectivity index (χ4v) is 8.42. The van der Waals surface area contributed by atoms with E-state index in [0.29, 0.717) is 6.42 Å². The molecule has 0 aromatic heterocycles. The maximum absolute atomic E-state index is 12.5. The summed E-state index contributed by atoms with van der Waals surface area (Å²) in [5.74, 6) is -0.0809. The molecule has 0 aliphatic carbocycles.